The van der Waals surface area contributed by atoms with Gasteiger partial charge in [-0.25, -0.2) is 4.79 Å². The van der Waals surface area contributed by atoms with E-state index < -0.39 is 5.60 Å². The summed E-state index contributed by atoms with van der Waals surface area (Å²) in [6.45, 7) is 4.63. The number of anilines is 1. The number of carbonyl (C=O) groups excluding carboxylic acids is 1. The van der Waals surface area contributed by atoms with Crippen molar-refractivity contribution in [3.05, 3.63) is 29.3 Å². The highest BCUT2D eigenvalue weighted by molar-refractivity contribution is 6.30. The van der Waals surface area contributed by atoms with Gasteiger partial charge in [-0.3, -0.25) is 4.90 Å². The Labute approximate surface area is 124 Å². The van der Waals surface area contributed by atoms with Crippen LogP contribution >= 0.6 is 11.6 Å². The number of hydrogen-bond acceptors (Lipinski definition) is 3. The first-order valence-electron chi connectivity index (χ1n) is 7.05. The Bertz CT molecular complexity index is 516. The van der Waals surface area contributed by atoms with Crippen LogP contribution in [0.25, 0.3) is 0 Å². The van der Waals surface area contributed by atoms with Crippen LogP contribution in [0.5, 0.6) is 0 Å². The largest absolute Gasteiger partial charge is 0.441 e. The van der Waals surface area contributed by atoms with Crippen molar-refractivity contribution < 1.29 is 9.53 Å². The fraction of sp³-hybridized carbons (Fsp3) is 0.533. The van der Waals surface area contributed by atoms with Crippen LogP contribution in [0.3, 0.4) is 0 Å². The van der Waals surface area contributed by atoms with E-state index in [2.05, 4.69) is 5.32 Å². The third-order valence-corrected chi connectivity index (χ3v) is 4.57. The number of carbonyl (C=O) groups is 1. The summed E-state index contributed by atoms with van der Waals surface area (Å²) in [6.07, 6.45) is 1.83. The molecule has 0 aromatic heterocycles. The minimum atomic E-state index is -0.401. The molecule has 2 saturated heterocycles. The summed E-state index contributed by atoms with van der Waals surface area (Å²) in [4.78, 5) is 13.9. The molecule has 0 spiro atoms. The number of nitrogens with zero attached hydrogens (tertiary/aromatic N) is 1. The van der Waals surface area contributed by atoms with Crippen molar-refractivity contribution in [2.75, 3.05) is 24.5 Å². The highest BCUT2D eigenvalue weighted by Crippen LogP contribution is 2.37. The highest BCUT2D eigenvalue weighted by atomic mass is 35.5. The van der Waals surface area contributed by atoms with Gasteiger partial charge in [-0.05, 0) is 51.1 Å². The van der Waals surface area contributed by atoms with Crippen LogP contribution in [0.1, 0.15) is 19.8 Å². The smallest absolute Gasteiger partial charge is 0.415 e. The summed E-state index contributed by atoms with van der Waals surface area (Å²) in [5, 5.41) is 3.98. The number of nitrogens with one attached hydrogen (secondary N) is 1. The fourth-order valence-corrected chi connectivity index (χ4v) is 3.34. The van der Waals surface area contributed by atoms with Gasteiger partial charge in [0.25, 0.3) is 0 Å². The van der Waals surface area contributed by atoms with E-state index in [0.717, 1.165) is 31.6 Å². The molecule has 1 atom stereocenters. The van der Waals surface area contributed by atoms with Crippen molar-refractivity contribution in [3.63, 3.8) is 0 Å². The minimum absolute atomic E-state index is 0.270. The highest BCUT2D eigenvalue weighted by Gasteiger charge is 2.47. The predicted octanol–water partition coefficient (Wildman–Crippen LogP) is 3.05. The molecule has 20 heavy (non-hydrogen) atoms. The Hall–Kier alpha value is -1.26. The van der Waals surface area contributed by atoms with Gasteiger partial charge in [-0.15, -0.1) is 0 Å². The van der Waals surface area contributed by atoms with E-state index in [0.29, 0.717) is 17.5 Å². The van der Waals surface area contributed by atoms with E-state index in [1.54, 1.807) is 17.0 Å². The van der Waals surface area contributed by atoms with Gasteiger partial charge in [0.2, 0.25) is 0 Å². The zero-order valence-corrected chi connectivity index (χ0v) is 12.3. The maximum atomic E-state index is 12.2. The molecule has 1 unspecified atom stereocenters. The van der Waals surface area contributed by atoms with E-state index >= 15 is 0 Å². The lowest BCUT2D eigenvalue weighted by molar-refractivity contribution is 0.00962. The summed E-state index contributed by atoms with van der Waals surface area (Å²) in [7, 11) is 0. The monoisotopic (exact) mass is 294 g/mol. The van der Waals surface area contributed by atoms with Crippen LogP contribution in [0.4, 0.5) is 10.5 Å². The number of ether oxygens (including phenoxy) is 1. The molecule has 5 heteroatoms. The third-order valence-electron chi connectivity index (χ3n) is 4.34. The lowest BCUT2D eigenvalue weighted by Crippen LogP contribution is -2.44. The molecule has 1 N–H and O–H groups in total. The standard InChI is InChI=1S/C15H19ClN2O2/c1-15(11-5-7-17-8-6-11)10-18(14(19)20-15)13-4-2-3-12(16)9-13/h2-4,9,11,17H,5-8,10H2,1H3. The SMILES string of the molecule is CC1(C2CCNCC2)CN(c2cccc(Cl)c2)C(=O)O1. The molecule has 4 nitrogen and oxygen atoms in total. The molecule has 1 aromatic carbocycles. The maximum Gasteiger partial charge on any atom is 0.415 e. The van der Waals surface area contributed by atoms with E-state index in [4.69, 9.17) is 16.3 Å². The van der Waals surface area contributed by atoms with Crippen molar-refractivity contribution in [1.29, 1.82) is 0 Å². The predicted molar refractivity (Wildman–Crippen MR) is 79.3 cm³/mol. The lowest BCUT2D eigenvalue weighted by Gasteiger charge is -2.34. The molecule has 0 radical (unpaired) electrons. The molecule has 2 aliphatic heterocycles. The van der Waals surface area contributed by atoms with Crippen molar-refractivity contribution >= 4 is 23.4 Å². The summed E-state index contributed by atoms with van der Waals surface area (Å²) in [5.41, 5.74) is 0.404. The molecule has 1 aromatic rings. The van der Waals surface area contributed by atoms with Crippen molar-refractivity contribution in [1.82, 2.24) is 5.32 Å². The average Bonchev–Trinajstić information content (AvgIpc) is 2.77. The van der Waals surface area contributed by atoms with Gasteiger partial charge in [0.1, 0.15) is 5.60 Å². The quantitative estimate of drug-likeness (QED) is 0.911. The molecular weight excluding hydrogens is 276 g/mol. The zero-order chi connectivity index (χ0) is 14.2. The second kappa shape index (κ2) is 5.26. The Balaban J connectivity index is 1.80. The average molecular weight is 295 g/mol. The van der Waals surface area contributed by atoms with Crippen molar-refractivity contribution in [2.24, 2.45) is 5.92 Å². The second-order valence-electron chi connectivity index (χ2n) is 5.77. The molecule has 2 heterocycles. The van der Waals surface area contributed by atoms with E-state index in [1.165, 1.54) is 0 Å². The van der Waals surface area contributed by atoms with Crippen molar-refractivity contribution in [3.8, 4) is 0 Å². The molecule has 2 aliphatic rings. The van der Waals surface area contributed by atoms with Gasteiger partial charge in [0.15, 0.2) is 0 Å². The van der Waals surface area contributed by atoms with Crippen LogP contribution < -0.4 is 10.2 Å². The fourth-order valence-electron chi connectivity index (χ4n) is 3.15. The van der Waals surface area contributed by atoms with Gasteiger partial charge in [-0.2, -0.15) is 0 Å². The number of rotatable bonds is 2. The van der Waals surface area contributed by atoms with Gasteiger partial charge in [0, 0.05) is 16.6 Å². The van der Waals surface area contributed by atoms with Gasteiger partial charge >= 0.3 is 6.09 Å². The molecule has 0 bridgehead atoms. The van der Waals surface area contributed by atoms with Crippen LogP contribution in [-0.2, 0) is 4.74 Å². The molecule has 1 amide bonds. The second-order valence-corrected chi connectivity index (χ2v) is 6.21. The summed E-state index contributed by atoms with van der Waals surface area (Å²) in [5.74, 6) is 0.414. The first-order chi connectivity index (χ1) is 9.58. The molecule has 3 rings (SSSR count). The lowest BCUT2D eigenvalue weighted by atomic mass is 9.82. The third kappa shape index (κ3) is 2.50. The Morgan fingerprint density at radius 1 is 1.40 bits per heavy atom. The van der Waals surface area contributed by atoms with Gasteiger partial charge in [0.05, 0.1) is 6.54 Å². The molecule has 0 aliphatic carbocycles. The van der Waals surface area contributed by atoms with Crippen LogP contribution in [0.2, 0.25) is 5.02 Å². The van der Waals surface area contributed by atoms with E-state index in [9.17, 15) is 4.79 Å². The Kier molecular flexibility index (Phi) is 3.61. The molecule has 0 saturated carbocycles. The number of cyclic esters (lactones) is 1. The molecule has 2 fully saturated rings. The van der Waals surface area contributed by atoms with Crippen LogP contribution in [-0.4, -0.2) is 31.3 Å². The topological polar surface area (TPSA) is 41.6 Å². The van der Waals surface area contributed by atoms with Gasteiger partial charge < -0.3 is 10.1 Å². The van der Waals surface area contributed by atoms with Crippen LogP contribution in [0, 0.1) is 5.92 Å². The first kappa shape index (κ1) is 13.7. The Morgan fingerprint density at radius 2 is 2.15 bits per heavy atom. The van der Waals surface area contributed by atoms with Crippen LogP contribution in [0.15, 0.2) is 24.3 Å². The number of benzene rings is 1. The zero-order valence-electron chi connectivity index (χ0n) is 11.6. The number of halogens is 1. The minimum Gasteiger partial charge on any atom is -0.441 e. The van der Waals surface area contributed by atoms with Gasteiger partial charge in [-0.1, -0.05) is 17.7 Å². The maximum absolute atomic E-state index is 12.2. The molecule has 108 valence electrons. The first-order valence-corrected chi connectivity index (χ1v) is 7.43. The van der Waals surface area contributed by atoms with Crippen molar-refractivity contribution in [2.45, 2.75) is 25.4 Å². The van der Waals surface area contributed by atoms with E-state index in [1.807, 2.05) is 19.1 Å². The molecular formula is C15H19ClN2O2. The normalized spacial score (nSPS) is 27.7. The summed E-state index contributed by atoms with van der Waals surface area (Å²) < 4.78 is 5.71. The number of hydrogen-bond donors (Lipinski definition) is 1. The summed E-state index contributed by atoms with van der Waals surface area (Å²) >= 11 is 6.00. The number of amides is 1. The van der Waals surface area contributed by atoms with E-state index in [-0.39, 0.29) is 6.09 Å². The summed E-state index contributed by atoms with van der Waals surface area (Å²) in [6, 6.07) is 7.35. The Morgan fingerprint density at radius 3 is 2.85 bits per heavy atom. The number of piperidine rings is 1.